The molecule has 0 radical (unpaired) electrons. The van der Waals surface area contributed by atoms with E-state index in [2.05, 4.69) is 6.92 Å². The van der Waals surface area contributed by atoms with Crippen LogP contribution in [0.15, 0.2) is 0 Å². The molecule has 4 heteroatoms. The lowest BCUT2D eigenvalue weighted by Crippen LogP contribution is -2.22. The van der Waals surface area contributed by atoms with Gasteiger partial charge in [0.1, 0.15) is 6.17 Å². The molecule has 0 fully saturated rings. The molecule has 2 nitrogen and oxygen atoms in total. The number of halogens is 1. The first-order valence-electron chi connectivity index (χ1n) is 6.18. The minimum atomic E-state index is -0.628. The van der Waals surface area contributed by atoms with Gasteiger partial charge in [0.15, 0.2) is 0 Å². The van der Waals surface area contributed by atoms with Crippen LogP contribution >= 0.6 is 0 Å². The summed E-state index contributed by atoms with van der Waals surface area (Å²) in [6.07, 6.45) is 6.18. The maximum atomic E-state index is 13.1. The highest BCUT2D eigenvalue weighted by Gasteiger charge is 2.06. The Morgan fingerprint density at radius 3 is 2.19 bits per heavy atom. The molecule has 0 amide bonds. The summed E-state index contributed by atoms with van der Waals surface area (Å²) in [5.74, 6) is 1.75. The third-order valence-electron chi connectivity index (χ3n) is 2.18. The van der Waals surface area contributed by atoms with Crippen molar-refractivity contribution in [2.24, 2.45) is 0 Å². The normalized spacial score (nSPS) is 11.5. The molecule has 16 heavy (non-hydrogen) atoms. The second-order valence-corrected chi connectivity index (χ2v) is 4.29. The van der Waals surface area contributed by atoms with Crippen LogP contribution in [0.2, 0.25) is 0 Å². The Morgan fingerprint density at radius 2 is 1.75 bits per heavy atom. The molecule has 0 saturated heterocycles. The van der Waals surface area contributed by atoms with E-state index in [-0.39, 0.29) is 0 Å². The monoisotopic (exact) mass is 228 g/mol. The van der Waals surface area contributed by atoms with Crippen LogP contribution in [0.1, 0.15) is 45.4 Å². The first kappa shape index (κ1) is 17.8. The van der Waals surface area contributed by atoms with Crippen LogP contribution in [0.4, 0.5) is 4.39 Å². The molecule has 0 saturated carbocycles. The molecule has 0 rings (SSSR count). The first-order chi connectivity index (χ1) is 7.58. The van der Waals surface area contributed by atoms with Gasteiger partial charge in [0.05, 0.1) is 0 Å². The lowest BCUT2D eigenvalue weighted by atomic mass is 10.1. The van der Waals surface area contributed by atoms with Gasteiger partial charge >= 0.3 is 0 Å². The summed E-state index contributed by atoms with van der Waals surface area (Å²) in [6.45, 7) is 2.78. The highest BCUT2D eigenvalue weighted by atomic mass is 19.1. The Hall–Kier alpha value is -0.555. The number of hydrogen-bond donors (Lipinski definition) is 0. The predicted molar refractivity (Wildman–Crippen MR) is 71.0 cm³/mol. The van der Waals surface area contributed by atoms with E-state index in [9.17, 15) is 4.39 Å². The summed E-state index contributed by atoms with van der Waals surface area (Å²) in [4.78, 5) is 1.91. The molecule has 0 aromatic rings. The van der Waals surface area contributed by atoms with Gasteiger partial charge in [0.25, 0.3) is 0 Å². The summed E-state index contributed by atoms with van der Waals surface area (Å²) in [5, 5.41) is 7.32. The van der Waals surface area contributed by atoms with Gasteiger partial charge in [-0.15, -0.1) is 0 Å². The fourth-order valence-corrected chi connectivity index (χ4v) is 1.46. The van der Waals surface area contributed by atoms with Crippen LogP contribution in [-0.2, 0) is 0 Å². The van der Waals surface area contributed by atoms with Gasteiger partial charge in [0, 0.05) is 6.54 Å². The van der Waals surface area contributed by atoms with Crippen molar-refractivity contribution in [2.45, 2.75) is 51.6 Å². The zero-order chi connectivity index (χ0) is 12.8. The van der Waals surface area contributed by atoms with Crippen LogP contribution in [0.3, 0.4) is 0 Å². The van der Waals surface area contributed by atoms with Gasteiger partial charge in [-0.3, -0.25) is 0 Å². The molecular formula is C12H26BFN2. The van der Waals surface area contributed by atoms with Gasteiger partial charge < -0.3 is 4.90 Å². The average molecular weight is 228 g/mol. The molecule has 0 spiro atoms. The van der Waals surface area contributed by atoms with E-state index in [1.54, 1.807) is 5.97 Å². The van der Waals surface area contributed by atoms with E-state index in [4.69, 9.17) is 5.26 Å². The van der Waals surface area contributed by atoms with Gasteiger partial charge in [-0.1, -0.05) is 39.0 Å². The first-order valence-corrected chi connectivity index (χ1v) is 6.18. The van der Waals surface area contributed by atoms with E-state index < -0.39 is 6.17 Å². The Morgan fingerprint density at radius 1 is 1.25 bits per heavy atom. The zero-order valence-electron chi connectivity index (χ0n) is 11.3. The van der Waals surface area contributed by atoms with E-state index in [1.165, 1.54) is 33.5 Å². The smallest absolute Gasteiger partial charge is 0.232 e. The Kier molecular flexibility index (Phi) is 16.1. The van der Waals surface area contributed by atoms with Crippen LogP contribution in [0.25, 0.3) is 0 Å². The van der Waals surface area contributed by atoms with E-state index in [0.29, 0.717) is 6.54 Å². The molecule has 0 aromatic carbocycles. The number of alkyl halides is 1. The molecule has 0 bridgehead atoms. The fourth-order valence-electron chi connectivity index (χ4n) is 1.46. The minimum absolute atomic E-state index is 0.577. The van der Waals surface area contributed by atoms with Crippen LogP contribution in [0.5, 0.6) is 0 Å². The lowest BCUT2D eigenvalue weighted by molar-refractivity contribution is 0.230. The van der Waals surface area contributed by atoms with Crippen molar-refractivity contribution < 1.29 is 4.39 Å². The summed E-state index contributed by atoms with van der Waals surface area (Å²) < 4.78 is 13.1. The summed E-state index contributed by atoms with van der Waals surface area (Å²) in [7, 11) is 5.27. The molecule has 0 aliphatic heterocycles. The Labute approximate surface area is 101 Å². The lowest BCUT2D eigenvalue weighted by Gasteiger charge is -2.13. The van der Waals surface area contributed by atoms with Gasteiger partial charge in [-0.25, -0.2) is 9.65 Å². The second kappa shape index (κ2) is 14.4. The molecule has 0 aliphatic rings. The minimum Gasteiger partial charge on any atom is -0.307 e. The topological polar surface area (TPSA) is 27.0 Å². The number of hydrogen-bond acceptors (Lipinski definition) is 2. The Bertz CT molecular complexity index is 169. The molecule has 94 valence electrons. The number of rotatable bonds is 8. The molecule has 0 N–H and O–H groups in total. The number of unbranched alkanes of at least 4 members (excludes halogenated alkanes) is 4. The van der Waals surface area contributed by atoms with Crippen LogP contribution in [-0.4, -0.2) is 39.6 Å². The zero-order valence-corrected chi connectivity index (χ0v) is 11.3. The standard InChI is InChI=1S/C11H24FN.CH2BN/c1-4-5-6-7-8-9-11(12)10-13(2)3;2-1-3/h11H,4-10H2,1-3H3;2H2. The second-order valence-electron chi connectivity index (χ2n) is 4.29. The van der Waals surface area contributed by atoms with Gasteiger partial charge in [-0.05, 0) is 26.5 Å². The Balaban J connectivity index is 0. The summed E-state index contributed by atoms with van der Waals surface area (Å²) in [6, 6.07) is 0. The largest absolute Gasteiger partial charge is 0.307 e. The quantitative estimate of drug-likeness (QED) is 0.471. The molecule has 0 heterocycles. The van der Waals surface area contributed by atoms with Crippen LogP contribution < -0.4 is 0 Å². The molecule has 0 aliphatic carbocycles. The fraction of sp³-hybridized carbons (Fsp3) is 0.917. The van der Waals surface area contributed by atoms with Crippen molar-refractivity contribution in [1.82, 2.24) is 4.90 Å². The van der Waals surface area contributed by atoms with Gasteiger partial charge in [0.2, 0.25) is 7.85 Å². The van der Waals surface area contributed by atoms with Crippen molar-refractivity contribution in [1.29, 1.82) is 5.26 Å². The van der Waals surface area contributed by atoms with Crippen molar-refractivity contribution in [3.63, 3.8) is 0 Å². The summed E-state index contributed by atoms with van der Waals surface area (Å²) in [5.41, 5.74) is 0. The van der Waals surface area contributed by atoms with Crippen molar-refractivity contribution in [3.8, 4) is 5.97 Å². The third kappa shape index (κ3) is 19.1. The third-order valence-corrected chi connectivity index (χ3v) is 2.18. The van der Waals surface area contributed by atoms with E-state index in [1.807, 2.05) is 19.0 Å². The molecule has 0 aromatic heterocycles. The predicted octanol–water partition coefficient (Wildman–Crippen LogP) is 2.35. The highest BCUT2D eigenvalue weighted by molar-refractivity contribution is 6.20. The van der Waals surface area contributed by atoms with Crippen molar-refractivity contribution in [2.75, 3.05) is 20.6 Å². The molecule has 1 unspecified atom stereocenters. The maximum absolute atomic E-state index is 13.1. The summed E-state index contributed by atoms with van der Waals surface area (Å²) >= 11 is 0. The highest BCUT2D eigenvalue weighted by Crippen LogP contribution is 2.09. The van der Waals surface area contributed by atoms with E-state index in [0.717, 1.165) is 12.8 Å². The van der Waals surface area contributed by atoms with E-state index >= 15 is 0 Å². The SMILES string of the molecule is BC#N.CCCCCCCC(F)CN(C)C. The average Bonchev–Trinajstić information content (AvgIpc) is 2.17. The maximum Gasteiger partial charge on any atom is 0.232 e. The van der Waals surface area contributed by atoms with Crippen LogP contribution in [0, 0.1) is 11.2 Å². The van der Waals surface area contributed by atoms with Gasteiger partial charge in [-0.2, -0.15) is 0 Å². The van der Waals surface area contributed by atoms with Crippen molar-refractivity contribution in [3.05, 3.63) is 0 Å². The molecular weight excluding hydrogens is 202 g/mol. The van der Waals surface area contributed by atoms with Crippen molar-refractivity contribution >= 4 is 7.85 Å². The molecule has 1 atom stereocenters. The number of nitriles is 1. The number of nitrogens with zero attached hydrogens (tertiary/aromatic N) is 2.